The third-order valence-corrected chi connectivity index (χ3v) is 4.61. The summed E-state index contributed by atoms with van der Waals surface area (Å²) in [7, 11) is 1.92. The highest BCUT2D eigenvalue weighted by Crippen LogP contribution is 2.38. The fourth-order valence-corrected chi connectivity index (χ4v) is 3.42. The molecule has 0 aliphatic rings. The Balaban J connectivity index is 2.24. The van der Waals surface area contributed by atoms with E-state index in [-0.39, 0.29) is 11.3 Å². The number of nitrogens with two attached hydrogens (primary N) is 1. The standard InChI is InChI=1S/C14H18ClN3S/c1-3-13(16)14(10-8-17-18(2)9-10)19-12-6-4-5-11(15)7-12/h4-9,13-14H,3,16H2,1-2H3. The summed E-state index contributed by atoms with van der Waals surface area (Å²) in [6.45, 7) is 2.10. The molecule has 0 saturated carbocycles. The van der Waals surface area contributed by atoms with Gasteiger partial charge in [-0.05, 0) is 24.6 Å². The Bertz CT molecular complexity index is 541. The van der Waals surface area contributed by atoms with Gasteiger partial charge in [-0.3, -0.25) is 4.68 Å². The minimum Gasteiger partial charge on any atom is -0.326 e. The van der Waals surface area contributed by atoms with Crippen LogP contribution < -0.4 is 5.73 Å². The van der Waals surface area contributed by atoms with Crippen molar-refractivity contribution in [2.45, 2.75) is 29.5 Å². The van der Waals surface area contributed by atoms with Crippen LogP contribution in [-0.4, -0.2) is 15.8 Å². The Hall–Kier alpha value is -0.970. The van der Waals surface area contributed by atoms with E-state index >= 15 is 0 Å². The van der Waals surface area contributed by atoms with Crippen LogP contribution in [0.15, 0.2) is 41.6 Å². The first-order chi connectivity index (χ1) is 9.10. The van der Waals surface area contributed by atoms with Crippen LogP contribution >= 0.6 is 23.4 Å². The second-order valence-corrected chi connectivity index (χ2v) is 6.17. The lowest BCUT2D eigenvalue weighted by Crippen LogP contribution is -2.25. The van der Waals surface area contributed by atoms with Crippen LogP contribution in [-0.2, 0) is 7.05 Å². The first kappa shape index (κ1) is 14.4. The Morgan fingerprint density at radius 2 is 2.26 bits per heavy atom. The van der Waals surface area contributed by atoms with Gasteiger partial charge in [-0.25, -0.2) is 0 Å². The van der Waals surface area contributed by atoms with Gasteiger partial charge in [0.05, 0.1) is 11.4 Å². The number of hydrogen-bond acceptors (Lipinski definition) is 3. The molecule has 0 saturated heterocycles. The lowest BCUT2D eigenvalue weighted by atomic mass is 10.1. The average molecular weight is 296 g/mol. The highest BCUT2D eigenvalue weighted by Gasteiger charge is 2.21. The second-order valence-electron chi connectivity index (χ2n) is 4.52. The molecule has 0 spiro atoms. The largest absolute Gasteiger partial charge is 0.326 e. The molecule has 5 heteroatoms. The van der Waals surface area contributed by atoms with Crippen molar-refractivity contribution in [1.29, 1.82) is 0 Å². The highest BCUT2D eigenvalue weighted by molar-refractivity contribution is 7.99. The number of aryl methyl sites for hydroxylation is 1. The molecule has 0 fully saturated rings. The van der Waals surface area contributed by atoms with E-state index in [0.29, 0.717) is 0 Å². The van der Waals surface area contributed by atoms with Crippen molar-refractivity contribution in [2.75, 3.05) is 0 Å². The van der Waals surface area contributed by atoms with Gasteiger partial charge < -0.3 is 5.73 Å². The van der Waals surface area contributed by atoms with Crippen molar-refractivity contribution in [3.8, 4) is 0 Å². The average Bonchev–Trinajstić information content (AvgIpc) is 2.81. The van der Waals surface area contributed by atoms with Crippen molar-refractivity contribution >= 4 is 23.4 Å². The summed E-state index contributed by atoms with van der Waals surface area (Å²) < 4.78 is 1.81. The molecule has 1 heterocycles. The van der Waals surface area contributed by atoms with E-state index in [0.717, 1.165) is 21.9 Å². The summed E-state index contributed by atoms with van der Waals surface area (Å²) in [5.41, 5.74) is 7.41. The van der Waals surface area contributed by atoms with Gasteiger partial charge in [-0.15, -0.1) is 11.8 Å². The summed E-state index contributed by atoms with van der Waals surface area (Å²) in [6, 6.07) is 7.96. The van der Waals surface area contributed by atoms with Crippen LogP contribution in [0.5, 0.6) is 0 Å². The van der Waals surface area contributed by atoms with Gasteiger partial charge in [0.2, 0.25) is 0 Å². The molecule has 2 unspecified atom stereocenters. The molecule has 2 N–H and O–H groups in total. The van der Waals surface area contributed by atoms with Crippen molar-refractivity contribution in [3.63, 3.8) is 0 Å². The van der Waals surface area contributed by atoms with Crippen LogP contribution in [0.3, 0.4) is 0 Å². The van der Waals surface area contributed by atoms with Crippen LogP contribution in [0.1, 0.15) is 24.2 Å². The highest BCUT2D eigenvalue weighted by atomic mass is 35.5. The maximum absolute atomic E-state index is 6.25. The number of thioether (sulfide) groups is 1. The Kier molecular flexibility index (Phi) is 4.91. The van der Waals surface area contributed by atoms with Crippen LogP contribution in [0, 0.1) is 0 Å². The van der Waals surface area contributed by atoms with Gasteiger partial charge in [-0.1, -0.05) is 24.6 Å². The Labute approximate surface area is 123 Å². The number of aromatic nitrogens is 2. The third kappa shape index (κ3) is 3.75. The second kappa shape index (κ2) is 6.46. The molecule has 0 aliphatic heterocycles. The zero-order valence-electron chi connectivity index (χ0n) is 11.1. The zero-order valence-corrected chi connectivity index (χ0v) is 12.7. The molecule has 3 nitrogen and oxygen atoms in total. The first-order valence-corrected chi connectivity index (χ1v) is 7.52. The molecule has 1 aromatic carbocycles. The smallest absolute Gasteiger partial charge is 0.0533 e. The lowest BCUT2D eigenvalue weighted by molar-refractivity contribution is 0.633. The van der Waals surface area contributed by atoms with Crippen LogP contribution in [0.4, 0.5) is 0 Å². The number of nitrogens with zero attached hydrogens (tertiary/aromatic N) is 2. The molecular weight excluding hydrogens is 278 g/mol. The first-order valence-electron chi connectivity index (χ1n) is 6.26. The number of halogens is 1. The monoisotopic (exact) mass is 295 g/mol. The van der Waals surface area contributed by atoms with Crippen LogP contribution in [0.2, 0.25) is 5.02 Å². The molecule has 0 bridgehead atoms. The fraction of sp³-hybridized carbons (Fsp3) is 0.357. The van der Waals surface area contributed by atoms with Gasteiger partial charge in [0.1, 0.15) is 0 Å². The van der Waals surface area contributed by atoms with E-state index in [4.69, 9.17) is 17.3 Å². The van der Waals surface area contributed by atoms with E-state index in [1.54, 1.807) is 11.8 Å². The maximum Gasteiger partial charge on any atom is 0.0533 e. The predicted octanol–water partition coefficient (Wildman–Crippen LogP) is 3.64. The number of hydrogen-bond donors (Lipinski definition) is 1. The normalized spacial score (nSPS) is 14.3. The SMILES string of the molecule is CCC(N)C(Sc1cccc(Cl)c1)c1cnn(C)c1. The van der Waals surface area contributed by atoms with Crippen LogP contribution in [0.25, 0.3) is 0 Å². The van der Waals surface area contributed by atoms with E-state index in [1.807, 2.05) is 42.3 Å². The molecule has 2 aromatic rings. The lowest BCUT2D eigenvalue weighted by Gasteiger charge is -2.21. The molecule has 0 aliphatic carbocycles. The summed E-state index contributed by atoms with van der Waals surface area (Å²) in [5, 5.41) is 5.18. The molecule has 0 radical (unpaired) electrons. The van der Waals surface area contributed by atoms with Gasteiger partial charge in [0.25, 0.3) is 0 Å². The summed E-state index contributed by atoms with van der Waals surface area (Å²) in [5.74, 6) is 0. The minimum atomic E-state index is 0.0909. The Morgan fingerprint density at radius 3 is 2.84 bits per heavy atom. The maximum atomic E-state index is 6.25. The topological polar surface area (TPSA) is 43.8 Å². The van der Waals surface area contributed by atoms with Gasteiger partial charge in [0.15, 0.2) is 0 Å². The molecule has 19 heavy (non-hydrogen) atoms. The molecule has 0 amide bonds. The molecule has 1 aromatic heterocycles. The van der Waals surface area contributed by atoms with E-state index in [2.05, 4.69) is 18.1 Å². The minimum absolute atomic E-state index is 0.0909. The molecule has 102 valence electrons. The van der Waals surface area contributed by atoms with Crippen molar-refractivity contribution in [3.05, 3.63) is 47.2 Å². The summed E-state index contributed by atoms with van der Waals surface area (Å²) in [6.07, 6.45) is 4.84. The third-order valence-electron chi connectivity index (χ3n) is 2.97. The molecule has 2 atom stereocenters. The van der Waals surface area contributed by atoms with Crippen molar-refractivity contribution < 1.29 is 0 Å². The molecule has 2 rings (SSSR count). The number of benzene rings is 1. The van der Waals surface area contributed by atoms with Crippen molar-refractivity contribution in [1.82, 2.24) is 9.78 Å². The van der Waals surface area contributed by atoms with Gasteiger partial charge >= 0.3 is 0 Å². The fourth-order valence-electron chi connectivity index (χ4n) is 1.89. The summed E-state index contributed by atoms with van der Waals surface area (Å²) >= 11 is 7.77. The van der Waals surface area contributed by atoms with Gasteiger partial charge in [0, 0.05) is 34.8 Å². The zero-order chi connectivity index (χ0) is 13.8. The van der Waals surface area contributed by atoms with Gasteiger partial charge in [-0.2, -0.15) is 5.10 Å². The summed E-state index contributed by atoms with van der Waals surface area (Å²) in [4.78, 5) is 1.13. The molecular formula is C14H18ClN3S. The van der Waals surface area contributed by atoms with E-state index < -0.39 is 0 Å². The van der Waals surface area contributed by atoms with Crippen molar-refractivity contribution in [2.24, 2.45) is 12.8 Å². The predicted molar refractivity (Wildman–Crippen MR) is 81.5 cm³/mol. The van der Waals surface area contributed by atoms with E-state index in [1.165, 1.54) is 0 Å². The Morgan fingerprint density at radius 1 is 1.47 bits per heavy atom. The number of rotatable bonds is 5. The quantitative estimate of drug-likeness (QED) is 0.857. The van der Waals surface area contributed by atoms with E-state index in [9.17, 15) is 0 Å².